The summed E-state index contributed by atoms with van der Waals surface area (Å²) in [6, 6.07) is -0.886. The van der Waals surface area contributed by atoms with Gasteiger partial charge in [0.05, 0.1) is 13.7 Å². The highest BCUT2D eigenvalue weighted by atomic mass is 19.4. The molecule has 0 aromatic carbocycles. The molecule has 8 heteroatoms. The molecule has 18 heavy (non-hydrogen) atoms. The molecule has 0 saturated heterocycles. The van der Waals surface area contributed by atoms with Crippen molar-refractivity contribution in [2.45, 2.75) is 38.6 Å². The SMILES string of the molecule is COC(=O)C(C)(C)OC[C@H](C)NC(=O)C(F)(F)F. The summed E-state index contributed by atoms with van der Waals surface area (Å²) < 4.78 is 45.4. The van der Waals surface area contributed by atoms with Crippen molar-refractivity contribution in [1.82, 2.24) is 5.32 Å². The second-order valence-corrected chi connectivity index (χ2v) is 4.19. The van der Waals surface area contributed by atoms with Crippen LogP contribution in [-0.2, 0) is 19.1 Å². The van der Waals surface area contributed by atoms with E-state index in [1.165, 1.54) is 27.9 Å². The molecule has 1 N–H and O–H groups in total. The van der Waals surface area contributed by atoms with Gasteiger partial charge in [0, 0.05) is 6.04 Å². The Bertz CT molecular complexity index is 315. The topological polar surface area (TPSA) is 64.6 Å². The van der Waals surface area contributed by atoms with E-state index in [-0.39, 0.29) is 6.61 Å². The number of nitrogens with one attached hydrogen (secondary N) is 1. The summed E-state index contributed by atoms with van der Waals surface area (Å²) >= 11 is 0. The fourth-order valence-corrected chi connectivity index (χ4v) is 0.985. The highest BCUT2D eigenvalue weighted by Gasteiger charge is 2.39. The Morgan fingerprint density at radius 1 is 1.28 bits per heavy atom. The summed E-state index contributed by atoms with van der Waals surface area (Å²) in [5.74, 6) is -2.70. The molecular weight excluding hydrogens is 255 g/mol. The van der Waals surface area contributed by atoms with E-state index in [4.69, 9.17) is 4.74 Å². The van der Waals surface area contributed by atoms with Crippen molar-refractivity contribution in [1.29, 1.82) is 0 Å². The van der Waals surface area contributed by atoms with Gasteiger partial charge in [-0.25, -0.2) is 4.79 Å². The van der Waals surface area contributed by atoms with E-state index < -0.39 is 29.7 Å². The minimum atomic E-state index is -4.94. The first kappa shape index (κ1) is 16.7. The van der Waals surface area contributed by atoms with Gasteiger partial charge in [0.2, 0.25) is 0 Å². The molecule has 0 aliphatic heterocycles. The molecule has 1 atom stereocenters. The lowest BCUT2D eigenvalue weighted by atomic mass is 10.1. The van der Waals surface area contributed by atoms with Crippen LogP contribution < -0.4 is 5.32 Å². The second-order valence-electron chi connectivity index (χ2n) is 4.19. The van der Waals surface area contributed by atoms with Gasteiger partial charge < -0.3 is 14.8 Å². The molecule has 0 heterocycles. The second kappa shape index (κ2) is 6.03. The highest BCUT2D eigenvalue weighted by Crippen LogP contribution is 2.15. The quantitative estimate of drug-likeness (QED) is 0.758. The third-order valence-electron chi connectivity index (χ3n) is 2.01. The van der Waals surface area contributed by atoms with Crippen molar-refractivity contribution in [3.05, 3.63) is 0 Å². The third-order valence-corrected chi connectivity index (χ3v) is 2.01. The summed E-state index contributed by atoms with van der Waals surface area (Å²) in [5.41, 5.74) is -1.29. The van der Waals surface area contributed by atoms with Crippen LogP contribution in [0.25, 0.3) is 0 Å². The number of hydrogen-bond donors (Lipinski definition) is 1. The van der Waals surface area contributed by atoms with E-state index >= 15 is 0 Å². The van der Waals surface area contributed by atoms with Gasteiger partial charge in [-0.2, -0.15) is 13.2 Å². The molecule has 0 bridgehead atoms. The maximum Gasteiger partial charge on any atom is 0.471 e. The Morgan fingerprint density at radius 3 is 2.17 bits per heavy atom. The number of alkyl halides is 3. The molecule has 0 aliphatic rings. The van der Waals surface area contributed by atoms with Gasteiger partial charge in [-0.1, -0.05) is 0 Å². The van der Waals surface area contributed by atoms with Crippen molar-refractivity contribution < 1.29 is 32.2 Å². The fraction of sp³-hybridized carbons (Fsp3) is 0.800. The van der Waals surface area contributed by atoms with Gasteiger partial charge in [-0.15, -0.1) is 0 Å². The van der Waals surface area contributed by atoms with Gasteiger partial charge in [0.25, 0.3) is 0 Å². The minimum Gasteiger partial charge on any atom is -0.467 e. The van der Waals surface area contributed by atoms with E-state index in [2.05, 4.69) is 4.74 Å². The van der Waals surface area contributed by atoms with Crippen LogP contribution in [0.1, 0.15) is 20.8 Å². The van der Waals surface area contributed by atoms with Crippen LogP contribution in [-0.4, -0.2) is 43.4 Å². The van der Waals surface area contributed by atoms with Crippen LogP contribution in [0, 0.1) is 0 Å². The van der Waals surface area contributed by atoms with Crippen LogP contribution in [0.4, 0.5) is 13.2 Å². The van der Waals surface area contributed by atoms with Gasteiger partial charge >= 0.3 is 18.1 Å². The monoisotopic (exact) mass is 271 g/mol. The van der Waals surface area contributed by atoms with E-state index in [0.717, 1.165) is 0 Å². The average Bonchev–Trinajstić information content (AvgIpc) is 2.24. The molecule has 0 fully saturated rings. The summed E-state index contributed by atoms with van der Waals surface area (Å²) in [7, 11) is 1.17. The maximum absolute atomic E-state index is 11.9. The Kier molecular flexibility index (Phi) is 5.59. The summed E-state index contributed by atoms with van der Waals surface area (Å²) in [6.45, 7) is 3.91. The first-order chi connectivity index (χ1) is 8.00. The van der Waals surface area contributed by atoms with Gasteiger partial charge in [-0.3, -0.25) is 4.79 Å². The number of methoxy groups -OCH3 is 1. The molecule has 0 unspecified atom stereocenters. The molecule has 0 aromatic heterocycles. The Hall–Kier alpha value is -1.31. The lowest BCUT2D eigenvalue weighted by molar-refractivity contribution is -0.176. The van der Waals surface area contributed by atoms with E-state index in [1.54, 1.807) is 5.32 Å². The number of rotatable bonds is 5. The van der Waals surface area contributed by atoms with Crippen molar-refractivity contribution >= 4 is 11.9 Å². The number of esters is 1. The maximum atomic E-state index is 11.9. The zero-order valence-corrected chi connectivity index (χ0v) is 10.6. The lowest BCUT2D eigenvalue weighted by Crippen LogP contribution is -2.46. The van der Waals surface area contributed by atoms with Crippen molar-refractivity contribution in [2.75, 3.05) is 13.7 Å². The predicted molar refractivity (Wildman–Crippen MR) is 55.7 cm³/mol. The van der Waals surface area contributed by atoms with Crippen LogP contribution in [0.15, 0.2) is 0 Å². The van der Waals surface area contributed by atoms with E-state index in [9.17, 15) is 22.8 Å². The normalized spacial score (nSPS) is 13.9. The third kappa shape index (κ3) is 5.35. The number of carbonyl (C=O) groups is 2. The van der Waals surface area contributed by atoms with Crippen molar-refractivity contribution in [3.63, 3.8) is 0 Å². The van der Waals surface area contributed by atoms with Crippen molar-refractivity contribution in [3.8, 4) is 0 Å². The number of carbonyl (C=O) groups excluding carboxylic acids is 2. The lowest BCUT2D eigenvalue weighted by Gasteiger charge is -2.24. The molecule has 106 valence electrons. The molecule has 0 saturated carbocycles. The standard InChI is InChI=1S/C10H16F3NO4/c1-6(14-7(15)10(11,12)13)5-18-9(2,3)8(16)17-4/h6H,5H2,1-4H3,(H,14,15)/t6-/m0/s1. The molecule has 1 amide bonds. The number of amides is 1. The largest absolute Gasteiger partial charge is 0.471 e. The minimum absolute atomic E-state index is 0.246. The molecule has 0 aromatic rings. The Labute approximate surface area is 103 Å². The van der Waals surface area contributed by atoms with Gasteiger partial charge in [0.1, 0.15) is 0 Å². The van der Waals surface area contributed by atoms with Crippen LogP contribution in [0.5, 0.6) is 0 Å². The van der Waals surface area contributed by atoms with Crippen LogP contribution >= 0.6 is 0 Å². The van der Waals surface area contributed by atoms with Crippen LogP contribution in [0.2, 0.25) is 0 Å². The molecule has 0 aliphatic carbocycles. The number of hydrogen-bond acceptors (Lipinski definition) is 4. The van der Waals surface area contributed by atoms with Gasteiger partial charge in [0.15, 0.2) is 5.60 Å². The molecule has 0 spiro atoms. The highest BCUT2D eigenvalue weighted by molar-refractivity contribution is 5.82. The number of ether oxygens (including phenoxy) is 2. The Morgan fingerprint density at radius 2 is 1.78 bits per heavy atom. The predicted octanol–water partition coefficient (Wildman–Crippen LogP) is 1.02. The summed E-state index contributed by atoms with van der Waals surface area (Å²) in [5, 5.41) is 1.71. The first-order valence-electron chi connectivity index (χ1n) is 5.10. The average molecular weight is 271 g/mol. The zero-order chi connectivity index (χ0) is 14.6. The van der Waals surface area contributed by atoms with Gasteiger partial charge in [-0.05, 0) is 20.8 Å². The van der Waals surface area contributed by atoms with Crippen LogP contribution in [0.3, 0.4) is 0 Å². The zero-order valence-electron chi connectivity index (χ0n) is 10.6. The molecule has 0 rings (SSSR count). The molecule has 5 nitrogen and oxygen atoms in total. The Balaban J connectivity index is 4.24. The summed E-state index contributed by atoms with van der Waals surface area (Å²) in [6.07, 6.45) is -4.94. The van der Waals surface area contributed by atoms with Crippen molar-refractivity contribution in [2.24, 2.45) is 0 Å². The molecule has 0 radical (unpaired) electrons. The smallest absolute Gasteiger partial charge is 0.467 e. The summed E-state index contributed by atoms with van der Waals surface area (Å²) in [4.78, 5) is 21.8. The fourth-order valence-electron chi connectivity index (χ4n) is 0.985. The number of halogens is 3. The van der Waals surface area contributed by atoms with E-state index in [0.29, 0.717) is 0 Å². The van der Waals surface area contributed by atoms with E-state index in [1.807, 2.05) is 0 Å². The molecular formula is C10H16F3NO4. The first-order valence-corrected chi connectivity index (χ1v) is 5.10.